The molecule has 6 nitrogen and oxygen atoms in total. The molecule has 7 heteroatoms. The second-order valence-corrected chi connectivity index (χ2v) is 6.65. The number of carbonyl (C=O) groups is 1. The van der Waals surface area contributed by atoms with Gasteiger partial charge in [0, 0.05) is 18.3 Å². The molecule has 0 saturated heterocycles. The number of aromatic nitrogens is 3. The van der Waals surface area contributed by atoms with Crippen LogP contribution in [0.4, 0.5) is 5.69 Å². The number of hydrogen-bond donors (Lipinski definition) is 1. The molecule has 0 aliphatic carbocycles. The molecule has 1 heterocycles. The van der Waals surface area contributed by atoms with E-state index in [0.717, 1.165) is 11.6 Å². The lowest BCUT2D eigenvalue weighted by molar-refractivity contribution is -0.113. The van der Waals surface area contributed by atoms with Gasteiger partial charge in [0.25, 0.3) is 0 Å². The normalized spacial score (nSPS) is 10.4. The van der Waals surface area contributed by atoms with E-state index in [2.05, 4.69) is 22.1 Å². The third kappa shape index (κ3) is 5.21. The summed E-state index contributed by atoms with van der Waals surface area (Å²) in [6, 6.07) is 16.8. The van der Waals surface area contributed by atoms with Crippen LogP contribution in [0.1, 0.15) is 5.82 Å². The summed E-state index contributed by atoms with van der Waals surface area (Å²) in [4.78, 5) is 12.3. The van der Waals surface area contributed by atoms with E-state index in [-0.39, 0.29) is 11.7 Å². The summed E-state index contributed by atoms with van der Waals surface area (Å²) in [6.07, 6.45) is 1.78. The average molecular weight is 380 g/mol. The first kappa shape index (κ1) is 18.7. The van der Waals surface area contributed by atoms with Crippen molar-refractivity contribution in [3.63, 3.8) is 0 Å². The molecule has 0 bridgehead atoms. The first-order valence-electron chi connectivity index (χ1n) is 8.42. The van der Waals surface area contributed by atoms with Gasteiger partial charge in [-0.25, -0.2) is 0 Å². The highest BCUT2D eigenvalue weighted by Crippen LogP contribution is 2.24. The molecule has 0 fully saturated rings. The summed E-state index contributed by atoms with van der Waals surface area (Å²) in [5.41, 5.74) is 0.678. The van der Waals surface area contributed by atoms with Crippen LogP contribution >= 0.6 is 11.8 Å². The number of rotatable bonds is 8. The molecule has 0 unspecified atom stereocenters. The molecule has 1 N–H and O–H groups in total. The van der Waals surface area contributed by atoms with E-state index in [4.69, 9.17) is 4.74 Å². The Balaban J connectivity index is 1.58. The zero-order chi connectivity index (χ0) is 19.1. The molecule has 138 valence electrons. The molecule has 2 aromatic carbocycles. The van der Waals surface area contributed by atoms with Crippen molar-refractivity contribution in [1.29, 1.82) is 0 Å². The van der Waals surface area contributed by atoms with Crippen molar-refractivity contribution in [2.75, 3.05) is 11.1 Å². The zero-order valence-electron chi connectivity index (χ0n) is 15.0. The van der Waals surface area contributed by atoms with Gasteiger partial charge in [-0.2, -0.15) is 0 Å². The topological polar surface area (TPSA) is 69.0 Å². The van der Waals surface area contributed by atoms with Crippen molar-refractivity contribution in [3.8, 4) is 11.5 Å². The fourth-order valence-corrected chi connectivity index (χ4v) is 3.19. The number of ether oxygens (including phenoxy) is 1. The molecule has 0 radical (unpaired) electrons. The average Bonchev–Trinajstić information content (AvgIpc) is 3.01. The van der Waals surface area contributed by atoms with E-state index in [0.29, 0.717) is 23.1 Å². The van der Waals surface area contributed by atoms with Crippen molar-refractivity contribution < 1.29 is 9.53 Å². The highest BCUT2D eigenvalue weighted by atomic mass is 32.2. The smallest absolute Gasteiger partial charge is 0.234 e. The summed E-state index contributed by atoms with van der Waals surface area (Å²) >= 11 is 1.34. The van der Waals surface area contributed by atoms with Crippen molar-refractivity contribution in [3.05, 3.63) is 73.1 Å². The number of aryl methyl sites for hydroxylation is 1. The fraction of sp³-hybridized carbons (Fsp3) is 0.150. The highest BCUT2D eigenvalue weighted by Gasteiger charge is 2.11. The molecule has 3 rings (SSSR count). The third-order valence-corrected chi connectivity index (χ3v) is 4.61. The molecule has 0 spiro atoms. The van der Waals surface area contributed by atoms with Gasteiger partial charge < -0.3 is 14.6 Å². The minimum Gasteiger partial charge on any atom is -0.457 e. The van der Waals surface area contributed by atoms with Gasteiger partial charge in [0.15, 0.2) is 5.16 Å². The van der Waals surface area contributed by atoms with E-state index in [1.807, 2.05) is 60.0 Å². The quantitative estimate of drug-likeness (QED) is 0.466. The molecule has 0 aliphatic rings. The third-order valence-electron chi connectivity index (χ3n) is 3.64. The molecular formula is C20H20N4O2S. The molecule has 1 amide bonds. The van der Waals surface area contributed by atoms with Gasteiger partial charge in [-0.3, -0.25) is 4.79 Å². The number of nitrogens with zero attached hydrogens (tertiary/aromatic N) is 3. The first-order chi connectivity index (χ1) is 13.2. The number of thioether (sulfide) groups is 1. The summed E-state index contributed by atoms with van der Waals surface area (Å²) in [7, 11) is 0. The largest absolute Gasteiger partial charge is 0.457 e. The number of allylic oxidation sites excluding steroid dienone is 1. The van der Waals surface area contributed by atoms with Crippen LogP contribution in [0.2, 0.25) is 0 Å². The molecule has 27 heavy (non-hydrogen) atoms. The SMILES string of the molecule is C=CCn1c(C)nnc1SCC(=O)Nc1cccc(Oc2ccccc2)c1. The summed E-state index contributed by atoms with van der Waals surface area (Å²) < 4.78 is 7.70. The van der Waals surface area contributed by atoms with Gasteiger partial charge in [0.05, 0.1) is 5.75 Å². The van der Waals surface area contributed by atoms with Crippen LogP contribution in [0.3, 0.4) is 0 Å². The lowest BCUT2D eigenvalue weighted by Gasteiger charge is -2.09. The van der Waals surface area contributed by atoms with Gasteiger partial charge in [-0.1, -0.05) is 42.1 Å². The second kappa shape index (κ2) is 9.05. The Morgan fingerprint density at radius 3 is 2.74 bits per heavy atom. The predicted octanol–water partition coefficient (Wildman–Crippen LogP) is 4.30. The number of hydrogen-bond acceptors (Lipinski definition) is 5. The van der Waals surface area contributed by atoms with E-state index in [1.165, 1.54) is 11.8 Å². The summed E-state index contributed by atoms with van der Waals surface area (Å²) in [5.74, 6) is 2.31. The standard InChI is InChI=1S/C20H20N4O2S/c1-3-12-24-15(2)22-23-20(24)27-14-19(25)21-16-8-7-11-18(13-16)26-17-9-5-4-6-10-17/h3-11,13H,1,12,14H2,2H3,(H,21,25). The van der Waals surface area contributed by atoms with Crippen LogP contribution in [-0.2, 0) is 11.3 Å². The fourth-order valence-electron chi connectivity index (χ4n) is 2.40. The number of benzene rings is 2. The number of nitrogens with one attached hydrogen (secondary N) is 1. The minimum atomic E-state index is -0.123. The Morgan fingerprint density at radius 2 is 1.96 bits per heavy atom. The van der Waals surface area contributed by atoms with Crippen LogP contribution < -0.4 is 10.1 Å². The van der Waals surface area contributed by atoms with Crippen LogP contribution in [0, 0.1) is 6.92 Å². The number of amides is 1. The molecule has 1 aromatic heterocycles. The Labute approximate surface area is 162 Å². The van der Waals surface area contributed by atoms with Gasteiger partial charge >= 0.3 is 0 Å². The van der Waals surface area contributed by atoms with Gasteiger partial charge in [0.2, 0.25) is 5.91 Å². The zero-order valence-corrected chi connectivity index (χ0v) is 15.8. The molecule has 3 aromatic rings. The maximum Gasteiger partial charge on any atom is 0.234 e. The van der Waals surface area contributed by atoms with Crippen molar-refractivity contribution in [2.24, 2.45) is 0 Å². The van der Waals surface area contributed by atoms with E-state index < -0.39 is 0 Å². The van der Waals surface area contributed by atoms with E-state index in [1.54, 1.807) is 12.1 Å². The van der Waals surface area contributed by atoms with Crippen LogP contribution in [0.5, 0.6) is 11.5 Å². The Kier molecular flexibility index (Phi) is 6.27. The first-order valence-corrected chi connectivity index (χ1v) is 9.40. The van der Waals surface area contributed by atoms with Crippen molar-refractivity contribution in [1.82, 2.24) is 14.8 Å². The second-order valence-electron chi connectivity index (χ2n) is 5.71. The molecular weight excluding hydrogens is 360 g/mol. The number of para-hydroxylation sites is 1. The molecule has 0 aliphatic heterocycles. The van der Waals surface area contributed by atoms with Crippen LogP contribution in [-0.4, -0.2) is 26.4 Å². The Bertz CT molecular complexity index is 925. The van der Waals surface area contributed by atoms with Crippen molar-refractivity contribution in [2.45, 2.75) is 18.6 Å². The Hall–Kier alpha value is -3.06. The van der Waals surface area contributed by atoms with Gasteiger partial charge in [-0.15, -0.1) is 16.8 Å². The maximum absolute atomic E-state index is 12.3. The van der Waals surface area contributed by atoms with Crippen LogP contribution in [0.15, 0.2) is 72.4 Å². The summed E-state index contributed by atoms with van der Waals surface area (Å²) in [6.45, 7) is 6.22. The number of carbonyl (C=O) groups excluding carboxylic acids is 1. The van der Waals surface area contributed by atoms with Crippen LogP contribution in [0.25, 0.3) is 0 Å². The van der Waals surface area contributed by atoms with Gasteiger partial charge in [-0.05, 0) is 31.2 Å². The minimum absolute atomic E-state index is 0.123. The highest BCUT2D eigenvalue weighted by molar-refractivity contribution is 7.99. The summed E-state index contributed by atoms with van der Waals surface area (Å²) in [5, 5.41) is 11.7. The lowest BCUT2D eigenvalue weighted by atomic mass is 10.3. The molecule has 0 saturated carbocycles. The van der Waals surface area contributed by atoms with E-state index >= 15 is 0 Å². The van der Waals surface area contributed by atoms with Crippen molar-refractivity contribution >= 4 is 23.4 Å². The predicted molar refractivity (Wildman–Crippen MR) is 107 cm³/mol. The number of anilines is 1. The molecule has 0 atom stereocenters. The maximum atomic E-state index is 12.3. The lowest BCUT2D eigenvalue weighted by Crippen LogP contribution is -2.14. The van der Waals surface area contributed by atoms with Gasteiger partial charge in [0.1, 0.15) is 17.3 Å². The van der Waals surface area contributed by atoms with E-state index in [9.17, 15) is 4.79 Å². The monoisotopic (exact) mass is 380 g/mol. The Morgan fingerprint density at radius 1 is 1.19 bits per heavy atom.